The molecule has 0 bridgehead atoms. The Morgan fingerprint density at radius 3 is 2.47 bits per heavy atom. The molecule has 0 aliphatic heterocycles. The topological polar surface area (TPSA) is 18.5 Å². The number of thiophene rings is 1. The highest BCUT2D eigenvalue weighted by Crippen LogP contribution is 2.14. The fourth-order valence-corrected chi connectivity index (χ4v) is 2.88. The van der Waals surface area contributed by atoms with Crippen molar-refractivity contribution in [2.45, 2.75) is 26.8 Å². The quantitative estimate of drug-likeness (QED) is 0.665. The van der Waals surface area contributed by atoms with Crippen molar-refractivity contribution in [1.29, 1.82) is 0 Å². The molecule has 3 nitrogen and oxygen atoms in total. The van der Waals surface area contributed by atoms with Gasteiger partial charge < -0.3 is 15.1 Å². The first-order chi connectivity index (χ1) is 9.11. The maximum absolute atomic E-state index is 3.55. The van der Waals surface area contributed by atoms with Crippen LogP contribution in [0.15, 0.2) is 12.1 Å². The first-order valence-corrected chi connectivity index (χ1v) is 8.06. The van der Waals surface area contributed by atoms with Gasteiger partial charge in [0.05, 0.1) is 0 Å². The van der Waals surface area contributed by atoms with Crippen molar-refractivity contribution in [2.24, 2.45) is 0 Å². The van der Waals surface area contributed by atoms with Crippen LogP contribution in [0.5, 0.6) is 0 Å². The number of nitrogens with zero attached hydrogens (tertiary/aromatic N) is 2. The molecule has 0 amide bonds. The molecule has 1 aromatic rings. The summed E-state index contributed by atoms with van der Waals surface area (Å²) < 4.78 is 0. The molecular weight excluding hydrogens is 254 g/mol. The van der Waals surface area contributed by atoms with Gasteiger partial charge in [0, 0.05) is 42.5 Å². The molecule has 1 N–H and O–H groups in total. The average Bonchev–Trinajstić information content (AvgIpc) is 2.77. The summed E-state index contributed by atoms with van der Waals surface area (Å²) in [7, 11) is 4.28. The van der Waals surface area contributed by atoms with Gasteiger partial charge in [0.25, 0.3) is 0 Å². The molecule has 0 saturated carbocycles. The highest BCUT2D eigenvalue weighted by Gasteiger charge is 2.04. The summed E-state index contributed by atoms with van der Waals surface area (Å²) in [6.07, 6.45) is 1.23. The monoisotopic (exact) mass is 283 g/mol. The predicted molar refractivity (Wildman–Crippen MR) is 86.0 cm³/mol. The second-order valence-electron chi connectivity index (χ2n) is 5.33. The van der Waals surface area contributed by atoms with Gasteiger partial charge in [0.2, 0.25) is 0 Å². The number of nitrogens with one attached hydrogen (secondary N) is 1. The lowest BCUT2D eigenvalue weighted by Gasteiger charge is -2.23. The van der Waals surface area contributed by atoms with E-state index in [9.17, 15) is 0 Å². The van der Waals surface area contributed by atoms with Gasteiger partial charge in [-0.1, -0.05) is 6.92 Å². The fraction of sp³-hybridized carbons (Fsp3) is 0.733. The summed E-state index contributed by atoms with van der Waals surface area (Å²) in [5.41, 5.74) is 0. The van der Waals surface area contributed by atoms with Crippen LogP contribution in [-0.2, 0) is 6.54 Å². The third-order valence-electron chi connectivity index (χ3n) is 3.10. The van der Waals surface area contributed by atoms with E-state index in [0.717, 1.165) is 26.2 Å². The average molecular weight is 283 g/mol. The van der Waals surface area contributed by atoms with Crippen LogP contribution >= 0.6 is 11.3 Å². The van der Waals surface area contributed by atoms with Crippen molar-refractivity contribution < 1.29 is 0 Å². The molecule has 0 fully saturated rings. The Balaban J connectivity index is 2.16. The Kier molecular flexibility index (Phi) is 8.30. The molecule has 0 radical (unpaired) electrons. The lowest BCUT2D eigenvalue weighted by molar-refractivity contribution is 0.241. The minimum Gasteiger partial charge on any atom is -0.311 e. The van der Waals surface area contributed by atoms with Crippen molar-refractivity contribution in [2.75, 3.05) is 46.8 Å². The number of aryl methyl sites for hydroxylation is 1. The van der Waals surface area contributed by atoms with E-state index in [4.69, 9.17) is 0 Å². The first kappa shape index (κ1) is 16.6. The molecule has 0 aliphatic rings. The van der Waals surface area contributed by atoms with Crippen molar-refractivity contribution >= 4 is 11.3 Å². The maximum atomic E-state index is 3.55. The SMILES string of the molecule is CCCN(CCNCc1ccc(C)s1)CCN(C)C. The second kappa shape index (κ2) is 9.48. The predicted octanol–water partition coefficient (Wildman–Crippen LogP) is 2.42. The van der Waals surface area contributed by atoms with Gasteiger partial charge in [-0.2, -0.15) is 0 Å². The van der Waals surface area contributed by atoms with Crippen molar-refractivity contribution in [3.63, 3.8) is 0 Å². The number of hydrogen-bond acceptors (Lipinski definition) is 4. The number of hydrogen-bond donors (Lipinski definition) is 1. The summed E-state index contributed by atoms with van der Waals surface area (Å²) in [6.45, 7) is 11.2. The van der Waals surface area contributed by atoms with Crippen LogP contribution < -0.4 is 5.32 Å². The maximum Gasteiger partial charge on any atom is 0.0300 e. The zero-order valence-corrected chi connectivity index (χ0v) is 13.7. The molecule has 4 heteroatoms. The minimum atomic E-state index is 1.01. The van der Waals surface area contributed by atoms with E-state index in [-0.39, 0.29) is 0 Å². The Labute approximate surface area is 122 Å². The summed E-state index contributed by atoms with van der Waals surface area (Å²) in [5, 5.41) is 3.55. The molecule has 110 valence electrons. The van der Waals surface area contributed by atoms with Crippen LogP contribution in [0.25, 0.3) is 0 Å². The van der Waals surface area contributed by atoms with Crippen LogP contribution in [-0.4, -0.2) is 56.6 Å². The number of likely N-dealkylation sites (N-methyl/N-ethyl adjacent to an activating group) is 1. The second-order valence-corrected chi connectivity index (χ2v) is 6.71. The van der Waals surface area contributed by atoms with Gasteiger partial charge >= 0.3 is 0 Å². The molecule has 0 aliphatic carbocycles. The summed E-state index contributed by atoms with van der Waals surface area (Å²) in [4.78, 5) is 7.64. The third kappa shape index (κ3) is 7.67. The Hall–Kier alpha value is -0.420. The van der Waals surface area contributed by atoms with E-state index < -0.39 is 0 Å². The van der Waals surface area contributed by atoms with E-state index >= 15 is 0 Å². The molecule has 1 rings (SSSR count). The Bertz CT molecular complexity index is 336. The summed E-state index contributed by atoms with van der Waals surface area (Å²) >= 11 is 1.89. The van der Waals surface area contributed by atoms with Crippen molar-refractivity contribution in [3.8, 4) is 0 Å². The smallest absolute Gasteiger partial charge is 0.0300 e. The van der Waals surface area contributed by atoms with Gasteiger partial charge in [-0.05, 0) is 46.1 Å². The highest BCUT2D eigenvalue weighted by molar-refractivity contribution is 7.11. The summed E-state index contributed by atoms with van der Waals surface area (Å²) in [6, 6.07) is 4.42. The third-order valence-corrected chi connectivity index (χ3v) is 4.10. The molecule has 0 aromatic carbocycles. The molecular formula is C15H29N3S. The molecule has 1 aromatic heterocycles. The van der Waals surface area contributed by atoms with Crippen LogP contribution in [0.2, 0.25) is 0 Å². The first-order valence-electron chi connectivity index (χ1n) is 7.25. The van der Waals surface area contributed by atoms with Gasteiger partial charge in [-0.25, -0.2) is 0 Å². The van der Waals surface area contributed by atoms with E-state index in [1.54, 1.807) is 0 Å². The summed E-state index contributed by atoms with van der Waals surface area (Å²) in [5.74, 6) is 0. The fourth-order valence-electron chi connectivity index (χ4n) is 2.02. The van der Waals surface area contributed by atoms with Crippen LogP contribution in [0.4, 0.5) is 0 Å². The van der Waals surface area contributed by atoms with Crippen LogP contribution in [0.1, 0.15) is 23.1 Å². The standard InChI is InChI=1S/C15H29N3S/c1-5-9-18(12-11-17(3)4)10-8-16-13-15-7-6-14(2)19-15/h6-7,16H,5,8-13H2,1-4H3. The highest BCUT2D eigenvalue weighted by atomic mass is 32.1. The Morgan fingerprint density at radius 1 is 1.11 bits per heavy atom. The molecule has 0 saturated heterocycles. The largest absolute Gasteiger partial charge is 0.311 e. The molecule has 0 atom stereocenters. The van der Waals surface area contributed by atoms with Gasteiger partial charge in [-0.3, -0.25) is 0 Å². The van der Waals surface area contributed by atoms with Gasteiger partial charge in [0.1, 0.15) is 0 Å². The van der Waals surface area contributed by atoms with Crippen molar-refractivity contribution in [1.82, 2.24) is 15.1 Å². The molecule has 19 heavy (non-hydrogen) atoms. The van der Waals surface area contributed by atoms with Gasteiger partial charge in [0.15, 0.2) is 0 Å². The molecule has 0 unspecified atom stereocenters. The van der Waals surface area contributed by atoms with Crippen LogP contribution in [0.3, 0.4) is 0 Å². The Morgan fingerprint density at radius 2 is 1.89 bits per heavy atom. The normalized spacial score (nSPS) is 11.7. The van der Waals surface area contributed by atoms with Crippen LogP contribution in [0, 0.1) is 6.92 Å². The lowest BCUT2D eigenvalue weighted by atomic mass is 10.3. The van der Waals surface area contributed by atoms with Gasteiger partial charge in [-0.15, -0.1) is 11.3 Å². The number of rotatable bonds is 10. The molecule has 1 heterocycles. The van der Waals surface area contributed by atoms with E-state index in [2.05, 4.69) is 55.2 Å². The zero-order valence-electron chi connectivity index (χ0n) is 12.9. The van der Waals surface area contributed by atoms with Crippen molar-refractivity contribution in [3.05, 3.63) is 21.9 Å². The lowest BCUT2D eigenvalue weighted by Crippen LogP contribution is -2.37. The van der Waals surface area contributed by atoms with E-state index in [0.29, 0.717) is 0 Å². The minimum absolute atomic E-state index is 1.01. The molecule has 0 spiro atoms. The zero-order chi connectivity index (χ0) is 14.1. The van der Waals surface area contributed by atoms with E-state index in [1.165, 1.54) is 29.3 Å². The van der Waals surface area contributed by atoms with E-state index in [1.807, 2.05) is 11.3 Å².